The van der Waals surface area contributed by atoms with Crippen LogP contribution in [0.2, 0.25) is 0 Å². The Labute approximate surface area is 257 Å². The Morgan fingerprint density at radius 2 is 1.49 bits per heavy atom. The highest BCUT2D eigenvalue weighted by Gasteiger charge is 2.15. The van der Waals surface area contributed by atoms with Gasteiger partial charge in [0, 0.05) is 11.5 Å². The average Bonchev–Trinajstić information content (AvgIpc) is 3.03. The van der Waals surface area contributed by atoms with Gasteiger partial charge in [-0.25, -0.2) is 17.4 Å². The molecule has 0 fully saturated rings. The van der Waals surface area contributed by atoms with E-state index in [1.165, 1.54) is 66.7 Å². The van der Waals surface area contributed by atoms with Crippen molar-refractivity contribution in [2.24, 2.45) is 20.4 Å². The number of sulfone groups is 1. The van der Waals surface area contributed by atoms with Crippen LogP contribution in [0.3, 0.4) is 0 Å². The first kappa shape index (κ1) is 32.2. The number of benzene rings is 4. The summed E-state index contributed by atoms with van der Waals surface area (Å²) in [5.74, 6) is -1.57. The van der Waals surface area contributed by atoms with Crippen molar-refractivity contribution in [3.05, 3.63) is 140 Å². The molecule has 0 saturated heterocycles. The molecule has 0 amide bonds. The Morgan fingerprint density at radius 1 is 0.844 bits per heavy atom. The van der Waals surface area contributed by atoms with Crippen molar-refractivity contribution in [3.8, 4) is 0 Å². The molecule has 16 heteroatoms. The predicted molar refractivity (Wildman–Crippen MR) is 167 cm³/mol. The number of carbonyl (C=O) groups is 1. The molecule has 0 saturated carbocycles. The van der Waals surface area contributed by atoms with Crippen molar-refractivity contribution in [2.45, 2.75) is 4.90 Å². The molecule has 14 nitrogen and oxygen atoms in total. The largest absolute Gasteiger partial charge is 0.478 e. The molecule has 1 unspecified atom stereocenters. The molecule has 0 aliphatic heterocycles. The Hall–Kier alpha value is -5.71. The Balaban J connectivity index is 1.60. The molecule has 0 aliphatic carbocycles. The first-order valence-electron chi connectivity index (χ1n) is 12.5. The van der Waals surface area contributed by atoms with Crippen LogP contribution in [0.5, 0.6) is 0 Å². The fourth-order valence-electron chi connectivity index (χ4n) is 3.63. The van der Waals surface area contributed by atoms with Gasteiger partial charge in [0.1, 0.15) is 5.36 Å². The number of aromatic carboxylic acids is 1. The van der Waals surface area contributed by atoms with Crippen LogP contribution in [-0.2, 0) is 20.9 Å². The second-order valence-corrected chi connectivity index (χ2v) is 11.8. The highest BCUT2D eigenvalue weighted by Crippen LogP contribution is 2.23. The SMILES string of the molecule is C=CS(=O)(=O)c1cccc(N=Nc2ccc(N/N=c3\c(=O)cc(C(=O)O)/c(=N/Nc4cccc(C(=C)S(=O)O)c4)c3=O)cc2)c1. The number of rotatable bonds is 11. The quantitative estimate of drug-likeness (QED) is 0.106. The topological polar surface area (TPSA) is 216 Å². The number of hydrogen-bond acceptors (Lipinski definition) is 12. The van der Waals surface area contributed by atoms with Crippen LogP contribution >= 0.6 is 0 Å². The van der Waals surface area contributed by atoms with E-state index in [4.69, 9.17) is 0 Å². The maximum absolute atomic E-state index is 13.1. The van der Waals surface area contributed by atoms with E-state index >= 15 is 0 Å². The monoisotopic (exact) mass is 646 g/mol. The molecule has 4 N–H and O–H groups in total. The van der Waals surface area contributed by atoms with Gasteiger partial charge in [-0.3, -0.25) is 20.4 Å². The van der Waals surface area contributed by atoms with Gasteiger partial charge < -0.3 is 9.66 Å². The number of carboxylic acids is 1. The molecule has 4 rings (SSSR count). The first-order chi connectivity index (χ1) is 21.4. The fraction of sp³-hybridized carbons (Fsp3) is 0. The van der Waals surface area contributed by atoms with E-state index in [2.05, 4.69) is 44.4 Å². The molecule has 4 aromatic carbocycles. The zero-order valence-corrected chi connectivity index (χ0v) is 24.6. The van der Waals surface area contributed by atoms with Gasteiger partial charge in [0.2, 0.25) is 10.9 Å². The number of carboxylic acid groups (broad SMARTS) is 1. The van der Waals surface area contributed by atoms with E-state index < -0.39 is 54.0 Å². The van der Waals surface area contributed by atoms with Crippen LogP contribution in [0.1, 0.15) is 15.9 Å². The summed E-state index contributed by atoms with van der Waals surface area (Å²) >= 11 is -2.33. The first-order valence-corrected chi connectivity index (χ1v) is 15.2. The molecule has 45 heavy (non-hydrogen) atoms. The minimum atomic E-state index is -3.64. The lowest BCUT2D eigenvalue weighted by Crippen LogP contribution is -2.50. The summed E-state index contributed by atoms with van der Waals surface area (Å²) < 4.78 is 44.5. The molecular formula is C29H22N6O8S2. The number of azo groups is 1. The third-order valence-corrected chi connectivity index (χ3v) is 7.93. The predicted octanol–water partition coefficient (Wildman–Crippen LogP) is 3.36. The van der Waals surface area contributed by atoms with Crippen LogP contribution in [0, 0.1) is 0 Å². The number of nitrogens with zero attached hydrogens (tertiary/aromatic N) is 4. The molecule has 0 radical (unpaired) electrons. The van der Waals surface area contributed by atoms with Gasteiger partial charge in [0.25, 0.3) is 0 Å². The summed E-state index contributed by atoms with van der Waals surface area (Å²) in [6.07, 6.45) is 0. The minimum Gasteiger partial charge on any atom is -0.478 e. The van der Waals surface area contributed by atoms with Crippen molar-refractivity contribution in [1.82, 2.24) is 0 Å². The van der Waals surface area contributed by atoms with Crippen molar-refractivity contribution in [3.63, 3.8) is 0 Å². The van der Waals surface area contributed by atoms with Gasteiger partial charge in [-0.15, -0.1) is 0 Å². The van der Waals surface area contributed by atoms with E-state index in [0.29, 0.717) is 22.6 Å². The lowest BCUT2D eigenvalue weighted by Gasteiger charge is -2.05. The molecule has 0 aliphatic rings. The van der Waals surface area contributed by atoms with E-state index in [-0.39, 0.29) is 15.5 Å². The smallest absolute Gasteiger partial charge is 0.338 e. The Bertz CT molecular complexity index is 2220. The van der Waals surface area contributed by atoms with Gasteiger partial charge in [-0.1, -0.05) is 31.4 Å². The zero-order valence-electron chi connectivity index (χ0n) is 22.9. The normalized spacial score (nSPS) is 13.0. The molecule has 0 bridgehead atoms. The maximum atomic E-state index is 13.1. The number of hydrogen-bond donors (Lipinski definition) is 4. The summed E-state index contributed by atoms with van der Waals surface area (Å²) in [5, 5.41) is 25.0. The van der Waals surface area contributed by atoms with Gasteiger partial charge in [0.15, 0.2) is 26.3 Å². The summed E-state index contributed by atoms with van der Waals surface area (Å²) in [5.41, 5.74) is 3.95. The van der Waals surface area contributed by atoms with Crippen LogP contribution in [0.15, 0.2) is 132 Å². The highest BCUT2D eigenvalue weighted by atomic mass is 32.2. The molecule has 0 spiro atoms. The summed E-state index contributed by atoms with van der Waals surface area (Å²) in [4.78, 5) is 37.4. The second-order valence-electron chi connectivity index (χ2n) is 8.91. The van der Waals surface area contributed by atoms with Gasteiger partial charge in [-0.05, 0) is 60.2 Å². The third kappa shape index (κ3) is 7.82. The summed E-state index contributed by atoms with van der Waals surface area (Å²) in [7, 11) is -3.64. The van der Waals surface area contributed by atoms with Crippen molar-refractivity contribution < 1.29 is 27.1 Å². The highest BCUT2D eigenvalue weighted by molar-refractivity contribution is 7.94. The molecule has 4 aromatic rings. The van der Waals surface area contributed by atoms with E-state index in [0.717, 1.165) is 11.5 Å². The molecule has 228 valence electrons. The number of nitrogens with one attached hydrogen (secondary N) is 2. The lowest BCUT2D eigenvalue weighted by atomic mass is 10.2. The van der Waals surface area contributed by atoms with Crippen molar-refractivity contribution in [2.75, 3.05) is 10.9 Å². The lowest BCUT2D eigenvalue weighted by molar-refractivity contribution is 0.0694. The van der Waals surface area contributed by atoms with Crippen LogP contribution in [0.25, 0.3) is 4.91 Å². The second kappa shape index (κ2) is 13.7. The van der Waals surface area contributed by atoms with E-state index in [1.54, 1.807) is 6.07 Å². The average molecular weight is 647 g/mol. The zero-order chi connectivity index (χ0) is 32.7. The van der Waals surface area contributed by atoms with Crippen LogP contribution < -0.4 is 32.4 Å². The Morgan fingerprint density at radius 3 is 2.16 bits per heavy atom. The molecular weight excluding hydrogens is 624 g/mol. The van der Waals surface area contributed by atoms with Crippen molar-refractivity contribution in [1.29, 1.82) is 0 Å². The van der Waals surface area contributed by atoms with Gasteiger partial charge >= 0.3 is 5.97 Å². The van der Waals surface area contributed by atoms with Gasteiger partial charge in [0.05, 0.1) is 38.1 Å². The molecule has 0 aromatic heterocycles. The minimum absolute atomic E-state index is 0.0195. The summed E-state index contributed by atoms with van der Waals surface area (Å²) in [6, 6.07) is 18.6. The van der Waals surface area contributed by atoms with Crippen LogP contribution in [0.4, 0.5) is 22.7 Å². The number of anilines is 2. The third-order valence-electron chi connectivity index (χ3n) is 5.93. The maximum Gasteiger partial charge on any atom is 0.338 e. The fourth-order valence-corrected chi connectivity index (χ4v) is 4.71. The van der Waals surface area contributed by atoms with Gasteiger partial charge in [-0.2, -0.15) is 20.4 Å². The summed E-state index contributed by atoms with van der Waals surface area (Å²) in [6.45, 7) is 6.81. The van der Waals surface area contributed by atoms with E-state index in [9.17, 15) is 36.7 Å². The molecule has 1 atom stereocenters. The Kier molecular flexibility index (Phi) is 9.82. The standard InChI is InChI=1S/C29H22N6O8S2/c1-3-45(42,43)23-9-5-8-22(15-23)32-30-19-10-12-20(13-11-19)31-35-27-25(36)16-24(29(38)39)26(28(27)37)34-33-21-7-4-6-18(14-21)17(2)44(40)41/h3-16,31,33H,1-2H2,(H,38,39)(H,40,41)/b32-30?,34-26-,35-27+. The van der Waals surface area contributed by atoms with Crippen LogP contribution in [-0.4, -0.2) is 28.3 Å². The van der Waals surface area contributed by atoms with Crippen molar-refractivity contribution >= 4 is 54.5 Å². The van der Waals surface area contributed by atoms with E-state index in [1.807, 2.05) is 0 Å². The molecule has 0 heterocycles.